The van der Waals surface area contributed by atoms with Crippen LogP contribution in [-0.2, 0) is 0 Å². The van der Waals surface area contributed by atoms with Gasteiger partial charge in [0.25, 0.3) is 0 Å². The Bertz CT molecular complexity index is 526. The van der Waals surface area contributed by atoms with Gasteiger partial charge in [-0.15, -0.1) is 0 Å². The van der Waals surface area contributed by atoms with E-state index in [2.05, 4.69) is 4.98 Å². The van der Waals surface area contributed by atoms with E-state index in [9.17, 15) is 0 Å². The Hall–Kier alpha value is -1.32. The lowest BCUT2D eigenvalue weighted by molar-refractivity contribution is 0.399. The Labute approximate surface area is 99.2 Å². The average molecular weight is 237 g/mol. The molecule has 1 atom stereocenters. The first-order valence-electron chi connectivity index (χ1n) is 5.02. The third-order valence-electron chi connectivity index (χ3n) is 2.51. The highest BCUT2D eigenvalue weighted by molar-refractivity contribution is 6.36. The van der Waals surface area contributed by atoms with Crippen LogP contribution in [0, 0.1) is 0 Å². The second-order valence-electron chi connectivity index (χ2n) is 3.68. The van der Waals surface area contributed by atoms with E-state index in [0.717, 1.165) is 16.5 Å². The maximum absolute atomic E-state index is 6.27. The molecule has 0 fully saturated rings. The molecule has 0 radical (unpaired) electrons. The van der Waals surface area contributed by atoms with Crippen LogP contribution in [0.5, 0.6) is 5.88 Å². The summed E-state index contributed by atoms with van der Waals surface area (Å²) in [7, 11) is 1.59. The van der Waals surface area contributed by atoms with Crippen LogP contribution in [0.2, 0.25) is 5.02 Å². The van der Waals surface area contributed by atoms with E-state index in [0.29, 0.717) is 10.9 Å². The minimum atomic E-state index is -0.0843. The van der Waals surface area contributed by atoms with Gasteiger partial charge in [0.1, 0.15) is 0 Å². The monoisotopic (exact) mass is 236 g/mol. The molecular weight excluding hydrogens is 224 g/mol. The molecule has 0 saturated heterocycles. The van der Waals surface area contributed by atoms with E-state index in [4.69, 9.17) is 22.1 Å². The molecule has 4 heteroatoms. The highest BCUT2D eigenvalue weighted by atomic mass is 35.5. The molecule has 0 aliphatic carbocycles. The molecule has 2 N–H and O–H groups in total. The number of hydrogen-bond donors (Lipinski definition) is 1. The van der Waals surface area contributed by atoms with Gasteiger partial charge in [-0.2, -0.15) is 0 Å². The summed E-state index contributed by atoms with van der Waals surface area (Å²) in [5.41, 5.74) is 7.58. The number of nitrogens with two attached hydrogens (primary N) is 1. The number of nitrogens with zero attached hydrogens (tertiary/aromatic N) is 1. The molecule has 3 nitrogen and oxygen atoms in total. The Morgan fingerprint density at radius 3 is 2.69 bits per heavy atom. The van der Waals surface area contributed by atoms with Crippen molar-refractivity contribution in [2.24, 2.45) is 5.73 Å². The zero-order valence-corrected chi connectivity index (χ0v) is 9.95. The van der Waals surface area contributed by atoms with Gasteiger partial charge in [-0.25, -0.2) is 4.98 Å². The van der Waals surface area contributed by atoms with E-state index in [1.165, 1.54) is 0 Å². The second kappa shape index (κ2) is 4.28. The highest BCUT2D eigenvalue weighted by Gasteiger charge is 2.10. The summed E-state index contributed by atoms with van der Waals surface area (Å²) in [6.45, 7) is 1.91. The summed E-state index contributed by atoms with van der Waals surface area (Å²) < 4.78 is 5.06. The van der Waals surface area contributed by atoms with Crippen molar-refractivity contribution in [3.8, 4) is 5.88 Å². The number of pyridine rings is 1. The largest absolute Gasteiger partial charge is 0.481 e. The lowest BCUT2D eigenvalue weighted by Crippen LogP contribution is -2.05. The van der Waals surface area contributed by atoms with Crippen molar-refractivity contribution in [2.75, 3.05) is 7.11 Å². The minimum absolute atomic E-state index is 0.0843. The summed E-state index contributed by atoms with van der Waals surface area (Å²) >= 11 is 6.27. The number of fused-ring (bicyclic) bond motifs is 1. The normalized spacial score (nSPS) is 12.8. The fourth-order valence-corrected chi connectivity index (χ4v) is 2.03. The molecule has 1 aromatic carbocycles. The predicted octanol–water partition coefficient (Wildman–Crippen LogP) is 2.92. The number of aromatic nitrogens is 1. The molecule has 0 saturated carbocycles. The third kappa shape index (κ3) is 1.84. The fraction of sp³-hybridized carbons (Fsp3) is 0.250. The fourth-order valence-electron chi connectivity index (χ4n) is 1.63. The standard InChI is InChI=1S/C12H13ClN2O/c1-7(14)8-3-5-10-9(12(8)13)4-6-11(15-10)16-2/h3-7H,14H2,1-2H3. The van der Waals surface area contributed by atoms with E-state index in [1.807, 2.05) is 25.1 Å². The molecule has 16 heavy (non-hydrogen) atoms. The van der Waals surface area contributed by atoms with Gasteiger partial charge in [0.15, 0.2) is 0 Å². The number of benzene rings is 1. The summed E-state index contributed by atoms with van der Waals surface area (Å²) in [6, 6.07) is 7.41. The van der Waals surface area contributed by atoms with Crippen LogP contribution < -0.4 is 10.5 Å². The summed E-state index contributed by atoms with van der Waals surface area (Å²) in [4.78, 5) is 4.31. The van der Waals surface area contributed by atoms with E-state index in [-0.39, 0.29) is 6.04 Å². The van der Waals surface area contributed by atoms with Crippen LogP contribution in [0.15, 0.2) is 24.3 Å². The SMILES string of the molecule is COc1ccc2c(Cl)c(C(C)N)ccc2n1. The molecule has 2 rings (SSSR count). The lowest BCUT2D eigenvalue weighted by Gasteiger charge is -2.10. The molecule has 0 amide bonds. The van der Waals surface area contributed by atoms with Gasteiger partial charge >= 0.3 is 0 Å². The highest BCUT2D eigenvalue weighted by Crippen LogP contribution is 2.30. The minimum Gasteiger partial charge on any atom is -0.481 e. The first-order chi connectivity index (χ1) is 7.63. The van der Waals surface area contributed by atoms with E-state index in [1.54, 1.807) is 13.2 Å². The van der Waals surface area contributed by atoms with Crippen LogP contribution in [0.1, 0.15) is 18.5 Å². The average Bonchev–Trinajstić information content (AvgIpc) is 2.28. The first-order valence-corrected chi connectivity index (χ1v) is 5.40. The van der Waals surface area contributed by atoms with Gasteiger partial charge in [-0.05, 0) is 24.6 Å². The Morgan fingerprint density at radius 2 is 2.06 bits per heavy atom. The number of halogens is 1. The van der Waals surface area contributed by atoms with Crippen LogP contribution in [0.3, 0.4) is 0 Å². The maximum Gasteiger partial charge on any atom is 0.213 e. The molecule has 1 heterocycles. The van der Waals surface area contributed by atoms with Gasteiger partial charge in [0.05, 0.1) is 17.6 Å². The number of hydrogen-bond acceptors (Lipinski definition) is 3. The van der Waals surface area contributed by atoms with Crippen LogP contribution in [0.4, 0.5) is 0 Å². The molecule has 0 aliphatic rings. The van der Waals surface area contributed by atoms with Crippen LogP contribution >= 0.6 is 11.6 Å². The van der Waals surface area contributed by atoms with Gasteiger partial charge in [0.2, 0.25) is 5.88 Å². The van der Waals surface area contributed by atoms with Crippen LogP contribution in [-0.4, -0.2) is 12.1 Å². The van der Waals surface area contributed by atoms with Gasteiger partial charge in [-0.3, -0.25) is 0 Å². The summed E-state index contributed by atoms with van der Waals surface area (Å²) in [6.07, 6.45) is 0. The zero-order valence-electron chi connectivity index (χ0n) is 9.20. The van der Waals surface area contributed by atoms with Crippen molar-refractivity contribution in [1.82, 2.24) is 4.98 Å². The molecule has 2 aromatic rings. The quantitative estimate of drug-likeness (QED) is 0.872. The topological polar surface area (TPSA) is 48.1 Å². The summed E-state index contributed by atoms with van der Waals surface area (Å²) in [5.74, 6) is 0.581. The van der Waals surface area contributed by atoms with Crippen molar-refractivity contribution in [3.63, 3.8) is 0 Å². The van der Waals surface area contributed by atoms with Crippen molar-refractivity contribution >= 4 is 22.5 Å². The van der Waals surface area contributed by atoms with Gasteiger partial charge < -0.3 is 10.5 Å². The van der Waals surface area contributed by atoms with Crippen molar-refractivity contribution in [2.45, 2.75) is 13.0 Å². The molecule has 0 aliphatic heterocycles. The Kier molecular flexibility index (Phi) is 2.99. The van der Waals surface area contributed by atoms with Crippen molar-refractivity contribution < 1.29 is 4.74 Å². The van der Waals surface area contributed by atoms with Crippen molar-refractivity contribution in [3.05, 3.63) is 34.9 Å². The van der Waals surface area contributed by atoms with Crippen LogP contribution in [0.25, 0.3) is 10.9 Å². The second-order valence-corrected chi connectivity index (χ2v) is 4.06. The third-order valence-corrected chi connectivity index (χ3v) is 2.93. The smallest absolute Gasteiger partial charge is 0.213 e. The Morgan fingerprint density at radius 1 is 1.31 bits per heavy atom. The van der Waals surface area contributed by atoms with Crippen molar-refractivity contribution in [1.29, 1.82) is 0 Å². The zero-order chi connectivity index (χ0) is 11.7. The molecule has 0 spiro atoms. The predicted molar refractivity (Wildman–Crippen MR) is 65.9 cm³/mol. The number of rotatable bonds is 2. The molecule has 0 bridgehead atoms. The number of ether oxygens (including phenoxy) is 1. The molecule has 1 unspecified atom stereocenters. The summed E-state index contributed by atoms with van der Waals surface area (Å²) in [5, 5.41) is 1.57. The lowest BCUT2D eigenvalue weighted by atomic mass is 10.1. The molecule has 84 valence electrons. The first kappa shape index (κ1) is 11.2. The molecule has 1 aromatic heterocycles. The maximum atomic E-state index is 6.27. The number of methoxy groups -OCH3 is 1. The van der Waals surface area contributed by atoms with E-state index >= 15 is 0 Å². The van der Waals surface area contributed by atoms with E-state index < -0.39 is 0 Å². The van der Waals surface area contributed by atoms with Gasteiger partial charge in [0, 0.05) is 17.5 Å². The van der Waals surface area contributed by atoms with Gasteiger partial charge in [-0.1, -0.05) is 17.7 Å². The molecular formula is C12H13ClN2O. The Balaban J connectivity index is 2.67.